The van der Waals surface area contributed by atoms with Crippen molar-refractivity contribution in [1.29, 1.82) is 0 Å². The Bertz CT molecular complexity index is 919. The van der Waals surface area contributed by atoms with Gasteiger partial charge < -0.3 is 20.0 Å². The first-order chi connectivity index (χ1) is 14.6. The highest BCUT2D eigenvalue weighted by atomic mass is 32.1. The molecule has 0 aromatic carbocycles. The molecule has 0 radical (unpaired) electrons. The van der Waals surface area contributed by atoms with Gasteiger partial charge in [-0.25, -0.2) is 0 Å². The number of amides is 2. The van der Waals surface area contributed by atoms with Gasteiger partial charge in [0.05, 0.1) is 24.5 Å². The van der Waals surface area contributed by atoms with Crippen molar-refractivity contribution in [2.24, 2.45) is 0 Å². The minimum atomic E-state index is -0.260. The molecule has 0 spiro atoms. The van der Waals surface area contributed by atoms with E-state index in [2.05, 4.69) is 44.7 Å². The van der Waals surface area contributed by atoms with Crippen molar-refractivity contribution >= 4 is 28.8 Å². The minimum absolute atomic E-state index is 0.114. The number of carbonyl (C=O) groups is 2. The standard InChI is InChI=1S/C22H27N5O2S/c1-2-25-15-19(18-6-12-30-20(18)16-25)26-8-10-27(11-9-26)22(29)13-21(28)24-14-17-5-3-4-7-23-17/h3-7,12,15H,2,8-11,13-14,16H2,1H3,(H,24,28). The number of fused-ring (bicyclic) bond motifs is 1. The van der Waals surface area contributed by atoms with E-state index >= 15 is 0 Å². The molecule has 1 N–H and O–H groups in total. The quantitative estimate of drug-likeness (QED) is 0.718. The first kappa shape index (κ1) is 20.4. The molecule has 8 heteroatoms. The predicted octanol–water partition coefficient (Wildman–Crippen LogP) is 2.13. The van der Waals surface area contributed by atoms with Gasteiger partial charge in [0, 0.05) is 55.6 Å². The number of hydrogen-bond acceptors (Lipinski definition) is 6. The zero-order chi connectivity index (χ0) is 20.9. The first-order valence-electron chi connectivity index (χ1n) is 10.4. The summed E-state index contributed by atoms with van der Waals surface area (Å²) in [5.74, 6) is -0.373. The summed E-state index contributed by atoms with van der Waals surface area (Å²) in [5, 5.41) is 4.93. The number of carbonyl (C=O) groups excluding carboxylic acids is 2. The van der Waals surface area contributed by atoms with Crippen molar-refractivity contribution < 1.29 is 9.59 Å². The second-order valence-electron chi connectivity index (χ2n) is 7.48. The molecule has 2 amide bonds. The van der Waals surface area contributed by atoms with Crippen LogP contribution in [0, 0.1) is 0 Å². The molecular formula is C22H27N5O2S. The minimum Gasteiger partial charge on any atom is -0.371 e. The Kier molecular flexibility index (Phi) is 6.32. The maximum Gasteiger partial charge on any atom is 0.232 e. The third kappa shape index (κ3) is 4.64. The maximum absolute atomic E-state index is 12.6. The third-order valence-corrected chi connectivity index (χ3v) is 6.46. The fourth-order valence-electron chi connectivity index (χ4n) is 3.82. The highest BCUT2D eigenvalue weighted by Crippen LogP contribution is 2.33. The van der Waals surface area contributed by atoms with Crippen LogP contribution < -0.4 is 5.32 Å². The van der Waals surface area contributed by atoms with Crippen molar-refractivity contribution in [2.75, 3.05) is 32.7 Å². The van der Waals surface area contributed by atoms with Gasteiger partial charge in [-0.1, -0.05) is 6.07 Å². The summed E-state index contributed by atoms with van der Waals surface area (Å²) >= 11 is 1.80. The van der Waals surface area contributed by atoms with E-state index in [-0.39, 0.29) is 18.2 Å². The molecule has 0 atom stereocenters. The van der Waals surface area contributed by atoms with Crippen molar-refractivity contribution in [3.8, 4) is 0 Å². The normalized spacial score (nSPS) is 16.2. The highest BCUT2D eigenvalue weighted by Gasteiger charge is 2.27. The summed E-state index contributed by atoms with van der Waals surface area (Å²) in [7, 11) is 0. The molecule has 30 heavy (non-hydrogen) atoms. The lowest BCUT2D eigenvalue weighted by molar-refractivity contribution is -0.137. The number of hydrogen-bond donors (Lipinski definition) is 1. The Hall–Kier alpha value is -2.87. The van der Waals surface area contributed by atoms with Crippen LogP contribution in [0.2, 0.25) is 0 Å². The first-order valence-corrected chi connectivity index (χ1v) is 11.2. The molecule has 158 valence electrons. The van der Waals surface area contributed by atoms with Gasteiger partial charge in [-0.3, -0.25) is 14.6 Å². The molecule has 4 rings (SSSR count). The van der Waals surface area contributed by atoms with Gasteiger partial charge in [0.25, 0.3) is 0 Å². The molecule has 7 nitrogen and oxygen atoms in total. The zero-order valence-electron chi connectivity index (χ0n) is 17.2. The molecule has 2 aliphatic rings. The van der Waals surface area contributed by atoms with E-state index < -0.39 is 0 Å². The molecule has 0 aliphatic carbocycles. The van der Waals surface area contributed by atoms with Crippen LogP contribution in [0.1, 0.15) is 29.5 Å². The summed E-state index contributed by atoms with van der Waals surface area (Å²) in [5.41, 5.74) is 3.35. The molecule has 0 saturated carbocycles. The van der Waals surface area contributed by atoms with E-state index in [1.807, 2.05) is 18.2 Å². The summed E-state index contributed by atoms with van der Waals surface area (Å²) in [6, 6.07) is 7.75. The van der Waals surface area contributed by atoms with Crippen LogP contribution in [0.15, 0.2) is 42.0 Å². The Balaban J connectivity index is 1.28. The largest absolute Gasteiger partial charge is 0.371 e. The summed E-state index contributed by atoms with van der Waals surface area (Å²) in [6.45, 7) is 7.28. The van der Waals surface area contributed by atoms with Crippen LogP contribution in [0.3, 0.4) is 0 Å². The molecule has 1 fully saturated rings. The fraction of sp³-hybridized carbons (Fsp3) is 0.409. The smallest absolute Gasteiger partial charge is 0.232 e. The van der Waals surface area contributed by atoms with E-state index in [9.17, 15) is 9.59 Å². The van der Waals surface area contributed by atoms with Crippen molar-refractivity contribution in [3.63, 3.8) is 0 Å². The molecule has 2 aliphatic heterocycles. The second-order valence-corrected chi connectivity index (χ2v) is 8.48. The maximum atomic E-state index is 12.6. The molecule has 0 bridgehead atoms. The predicted molar refractivity (Wildman–Crippen MR) is 117 cm³/mol. The Labute approximate surface area is 181 Å². The average Bonchev–Trinajstić information content (AvgIpc) is 3.26. The number of aromatic nitrogens is 1. The van der Waals surface area contributed by atoms with Gasteiger partial charge in [-0.05, 0) is 30.5 Å². The van der Waals surface area contributed by atoms with E-state index in [0.717, 1.165) is 31.9 Å². The van der Waals surface area contributed by atoms with Gasteiger partial charge >= 0.3 is 0 Å². The number of nitrogens with one attached hydrogen (secondary N) is 1. The number of thiophene rings is 1. The van der Waals surface area contributed by atoms with E-state index in [1.54, 1.807) is 22.4 Å². The topological polar surface area (TPSA) is 68.8 Å². The Morgan fingerprint density at radius 2 is 2.00 bits per heavy atom. The van der Waals surface area contributed by atoms with Gasteiger partial charge in [0.1, 0.15) is 6.42 Å². The van der Waals surface area contributed by atoms with Crippen LogP contribution >= 0.6 is 11.3 Å². The second kappa shape index (κ2) is 9.30. The molecule has 2 aromatic heterocycles. The SMILES string of the molecule is CCN1C=C(N2CCN(C(=O)CC(=O)NCc3ccccn3)CC2)c2ccsc2C1. The van der Waals surface area contributed by atoms with Gasteiger partial charge in [0.15, 0.2) is 0 Å². The molecule has 2 aromatic rings. The number of pyridine rings is 1. The van der Waals surface area contributed by atoms with Crippen LogP contribution in [0.4, 0.5) is 0 Å². The Morgan fingerprint density at radius 3 is 2.73 bits per heavy atom. The average molecular weight is 426 g/mol. The monoisotopic (exact) mass is 425 g/mol. The zero-order valence-corrected chi connectivity index (χ0v) is 18.0. The van der Waals surface area contributed by atoms with E-state index in [4.69, 9.17) is 0 Å². The van der Waals surface area contributed by atoms with Crippen LogP contribution in [-0.4, -0.2) is 64.2 Å². The van der Waals surface area contributed by atoms with Crippen LogP contribution in [0.25, 0.3) is 5.70 Å². The van der Waals surface area contributed by atoms with E-state index in [1.165, 1.54) is 16.1 Å². The molecule has 4 heterocycles. The lowest BCUT2D eigenvalue weighted by atomic mass is 10.1. The highest BCUT2D eigenvalue weighted by molar-refractivity contribution is 7.10. The van der Waals surface area contributed by atoms with Gasteiger partial charge in [0.2, 0.25) is 11.8 Å². The molecular weight excluding hydrogens is 398 g/mol. The lowest BCUT2D eigenvalue weighted by Crippen LogP contribution is -2.49. The van der Waals surface area contributed by atoms with Crippen LogP contribution in [0.5, 0.6) is 0 Å². The number of rotatable bonds is 6. The molecule has 1 saturated heterocycles. The number of nitrogens with zero attached hydrogens (tertiary/aromatic N) is 4. The fourth-order valence-corrected chi connectivity index (χ4v) is 4.73. The van der Waals surface area contributed by atoms with Crippen molar-refractivity contribution in [3.05, 3.63) is 58.2 Å². The lowest BCUT2D eigenvalue weighted by Gasteiger charge is -2.39. The van der Waals surface area contributed by atoms with Crippen molar-refractivity contribution in [2.45, 2.75) is 26.4 Å². The van der Waals surface area contributed by atoms with E-state index in [0.29, 0.717) is 19.6 Å². The van der Waals surface area contributed by atoms with Crippen molar-refractivity contribution in [1.82, 2.24) is 25.0 Å². The van der Waals surface area contributed by atoms with Gasteiger partial charge in [-0.15, -0.1) is 11.3 Å². The number of piperazine rings is 1. The summed E-state index contributed by atoms with van der Waals surface area (Å²) in [6.07, 6.45) is 3.82. The molecule has 0 unspecified atom stereocenters. The van der Waals surface area contributed by atoms with Crippen LogP contribution in [-0.2, 0) is 22.7 Å². The van der Waals surface area contributed by atoms with Gasteiger partial charge in [-0.2, -0.15) is 0 Å². The summed E-state index contributed by atoms with van der Waals surface area (Å²) in [4.78, 5) is 36.8. The summed E-state index contributed by atoms with van der Waals surface area (Å²) < 4.78 is 0. The Morgan fingerprint density at radius 1 is 1.17 bits per heavy atom. The third-order valence-electron chi connectivity index (χ3n) is 5.56.